The van der Waals surface area contributed by atoms with Crippen LogP contribution in [0, 0.1) is 0 Å². The molecule has 0 saturated carbocycles. The van der Waals surface area contributed by atoms with Gasteiger partial charge in [0.1, 0.15) is 9.96 Å². The molecule has 2 heterocycles. The summed E-state index contributed by atoms with van der Waals surface area (Å²) in [6.07, 6.45) is 1.13. The van der Waals surface area contributed by atoms with Crippen molar-refractivity contribution in [3.63, 3.8) is 0 Å². The average Bonchev–Trinajstić information content (AvgIpc) is 3.17. The third-order valence-corrected chi connectivity index (χ3v) is 7.88. The zero-order chi connectivity index (χ0) is 19.4. The summed E-state index contributed by atoms with van der Waals surface area (Å²) in [5, 5.41) is 2.16. The Morgan fingerprint density at radius 3 is 2.70 bits per heavy atom. The number of carbonyl (C=O) groups excluding carboxylic acids is 1. The molecule has 1 fully saturated rings. The highest BCUT2D eigenvalue weighted by molar-refractivity contribution is 9.10. The van der Waals surface area contributed by atoms with Gasteiger partial charge < -0.3 is 9.64 Å². The monoisotopic (exact) mass is 492 g/mol. The van der Waals surface area contributed by atoms with Gasteiger partial charge in [0.15, 0.2) is 6.61 Å². The number of nitrogens with one attached hydrogen (secondary N) is 1. The van der Waals surface area contributed by atoms with E-state index in [-0.39, 0.29) is 18.6 Å². The molecular weight excluding hydrogens is 476 g/mol. The van der Waals surface area contributed by atoms with E-state index in [0.717, 1.165) is 4.47 Å². The second-order valence-corrected chi connectivity index (χ2v) is 10.3. The summed E-state index contributed by atoms with van der Waals surface area (Å²) < 4.78 is 33.9. The smallest absolute Gasteiger partial charge is 0.260 e. The summed E-state index contributed by atoms with van der Waals surface area (Å²) in [5.74, 6) is 0.306. The second kappa shape index (κ2) is 8.91. The fraction of sp³-hybridized carbons (Fsp3) is 0.353. The van der Waals surface area contributed by atoms with Crippen LogP contribution >= 0.6 is 38.9 Å². The van der Waals surface area contributed by atoms with E-state index in [9.17, 15) is 13.2 Å². The lowest BCUT2D eigenvalue weighted by Gasteiger charge is -2.32. The van der Waals surface area contributed by atoms with Crippen LogP contribution in [0.4, 0.5) is 0 Å². The quantitative estimate of drug-likeness (QED) is 0.668. The van der Waals surface area contributed by atoms with Gasteiger partial charge in [0.05, 0.1) is 5.02 Å². The molecule has 6 nitrogen and oxygen atoms in total. The predicted molar refractivity (Wildman–Crippen MR) is 109 cm³/mol. The Labute approximate surface area is 175 Å². The number of benzene rings is 1. The third-order valence-electron chi connectivity index (χ3n) is 4.17. The number of amides is 1. The van der Waals surface area contributed by atoms with Crippen LogP contribution in [0.2, 0.25) is 5.02 Å². The highest BCUT2D eigenvalue weighted by Gasteiger charge is 2.27. The van der Waals surface area contributed by atoms with E-state index in [4.69, 9.17) is 16.3 Å². The van der Waals surface area contributed by atoms with Gasteiger partial charge in [-0.25, -0.2) is 13.1 Å². The second-order valence-electron chi connectivity index (χ2n) is 6.07. The summed E-state index contributed by atoms with van der Waals surface area (Å²) in [5.41, 5.74) is 0. The number of sulfonamides is 1. The van der Waals surface area contributed by atoms with Crippen LogP contribution in [0.15, 0.2) is 44.4 Å². The maximum atomic E-state index is 12.3. The molecule has 1 amide bonds. The molecule has 10 heteroatoms. The number of ether oxygens (including phenoxy) is 1. The zero-order valence-corrected chi connectivity index (χ0v) is 18.2. The van der Waals surface area contributed by atoms with E-state index in [1.165, 1.54) is 11.3 Å². The minimum Gasteiger partial charge on any atom is -0.482 e. The van der Waals surface area contributed by atoms with Gasteiger partial charge in [-0.15, -0.1) is 11.3 Å². The van der Waals surface area contributed by atoms with Crippen LogP contribution in [0.1, 0.15) is 12.8 Å². The molecule has 2 aromatic rings. The van der Waals surface area contributed by atoms with Crippen LogP contribution in [0.5, 0.6) is 5.75 Å². The van der Waals surface area contributed by atoms with Gasteiger partial charge in [0, 0.05) is 23.6 Å². The molecular formula is C17H18BrClN2O4S2. The minimum atomic E-state index is -3.49. The van der Waals surface area contributed by atoms with E-state index < -0.39 is 10.0 Å². The molecule has 1 aliphatic heterocycles. The molecule has 0 atom stereocenters. The number of hydrogen-bond acceptors (Lipinski definition) is 5. The predicted octanol–water partition coefficient (Wildman–Crippen LogP) is 3.51. The Hall–Kier alpha value is -1.13. The zero-order valence-electron chi connectivity index (χ0n) is 14.2. The van der Waals surface area contributed by atoms with Crippen molar-refractivity contribution in [2.45, 2.75) is 23.1 Å². The highest BCUT2D eigenvalue weighted by atomic mass is 79.9. The molecule has 146 valence electrons. The first-order chi connectivity index (χ1) is 12.8. The molecule has 1 N–H and O–H groups in total. The fourth-order valence-electron chi connectivity index (χ4n) is 2.76. The number of rotatable bonds is 6. The van der Waals surface area contributed by atoms with Crippen molar-refractivity contribution in [3.8, 4) is 5.75 Å². The van der Waals surface area contributed by atoms with Gasteiger partial charge >= 0.3 is 0 Å². The topological polar surface area (TPSA) is 75.7 Å². The summed E-state index contributed by atoms with van der Waals surface area (Å²) in [7, 11) is -3.49. The highest BCUT2D eigenvalue weighted by Crippen LogP contribution is 2.27. The SMILES string of the molecule is O=C(COc1ccc(Br)cc1Cl)N1CCC(NS(=O)(=O)c2cccs2)CC1. The normalized spacial score (nSPS) is 15.7. The summed E-state index contributed by atoms with van der Waals surface area (Å²) in [6.45, 7) is 0.856. The lowest BCUT2D eigenvalue weighted by atomic mass is 10.1. The van der Waals surface area contributed by atoms with Gasteiger partial charge in [-0.1, -0.05) is 33.6 Å². The molecule has 0 radical (unpaired) electrons. The number of nitrogens with zero attached hydrogens (tertiary/aromatic N) is 1. The fourth-order valence-corrected chi connectivity index (χ4v) is 5.81. The van der Waals surface area contributed by atoms with Crippen LogP contribution < -0.4 is 9.46 Å². The summed E-state index contributed by atoms with van der Waals surface area (Å²) >= 11 is 10.6. The van der Waals surface area contributed by atoms with Gasteiger partial charge in [-0.2, -0.15) is 0 Å². The molecule has 1 aromatic carbocycles. The maximum Gasteiger partial charge on any atom is 0.260 e. The number of hydrogen-bond donors (Lipinski definition) is 1. The molecule has 1 aromatic heterocycles. The first-order valence-electron chi connectivity index (χ1n) is 8.26. The van der Waals surface area contributed by atoms with Crippen molar-refractivity contribution >= 4 is 54.8 Å². The van der Waals surface area contributed by atoms with Gasteiger partial charge in [0.25, 0.3) is 5.91 Å². The lowest BCUT2D eigenvalue weighted by Crippen LogP contribution is -2.47. The molecule has 0 spiro atoms. The van der Waals surface area contributed by atoms with Crippen LogP contribution in [0.3, 0.4) is 0 Å². The van der Waals surface area contributed by atoms with Crippen molar-refractivity contribution in [2.75, 3.05) is 19.7 Å². The van der Waals surface area contributed by atoms with E-state index in [1.807, 2.05) is 0 Å². The summed E-state index contributed by atoms with van der Waals surface area (Å²) in [6, 6.07) is 8.30. The standard InChI is InChI=1S/C17H18BrClN2O4S2/c18-12-3-4-15(14(19)10-12)25-11-16(22)21-7-5-13(6-8-21)20-27(23,24)17-2-1-9-26-17/h1-4,9-10,13,20H,5-8,11H2. The Balaban J connectivity index is 1.48. The molecule has 3 rings (SSSR count). The Morgan fingerprint density at radius 1 is 1.33 bits per heavy atom. The van der Waals surface area contributed by atoms with E-state index in [2.05, 4.69) is 20.7 Å². The molecule has 0 aliphatic carbocycles. The lowest BCUT2D eigenvalue weighted by molar-refractivity contribution is -0.134. The molecule has 27 heavy (non-hydrogen) atoms. The van der Waals surface area contributed by atoms with Crippen LogP contribution in [-0.4, -0.2) is 45.0 Å². The largest absolute Gasteiger partial charge is 0.482 e. The number of likely N-dealkylation sites (tertiary alicyclic amines) is 1. The minimum absolute atomic E-state index is 0.104. The van der Waals surface area contributed by atoms with Crippen molar-refractivity contribution in [2.24, 2.45) is 0 Å². The van der Waals surface area contributed by atoms with Gasteiger partial charge in [-0.3, -0.25) is 4.79 Å². The molecule has 0 unspecified atom stereocenters. The third kappa shape index (κ3) is 5.45. The molecule has 0 bridgehead atoms. The van der Waals surface area contributed by atoms with Crippen molar-refractivity contribution in [3.05, 3.63) is 45.2 Å². The number of thiophene rings is 1. The Kier molecular flexibility index (Phi) is 6.80. The first-order valence-corrected chi connectivity index (χ1v) is 11.8. The first kappa shape index (κ1) is 20.6. The molecule has 1 aliphatic rings. The molecule has 1 saturated heterocycles. The Bertz CT molecular complexity index is 898. The van der Waals surface area contributed by atoms with E-state index >= 15 is 0 Å². The van der Waals surface area contributed by atoms with Gasteiger partial charge in [-0.05, 0) is 42.5 Å². The average molecular weight is 494 g/mol. The number of halogens is 2. The Morgan fingerprint density at radius 2 is 2.07 bits per heavy atom. The van der Waals surface area contributed by atoms with E-state index in [0.29, 0.717) is 40.9 Å². The van der Waals surface area contributed by atoms with Crippen molar-refractivity contribution < 1.29 is 17.9 Å². The van der Waals surface area contributed by atoms with E-state index in [1.54, 1.807) is 40.6 Å². The maximum absolute atomic E-state index is 12.3. The van der Waals surface area contributed by atoms with Crippen LogP contribution in [0.25, 0.3) is 0 Å². The summed E-state index contributed by atoms with van der Waals surface area (Å²) in [4.78, 5) is 14.0. The van der Waals surface area contributed by atoms with Crippen molar-refractivity contribution in [1.29, 1.82) is 0 Å². The van der Waals surface area contributed by atoms with Crippen molar-refractivity contribution in [1.82, 2.24) is 9.62 Å². The number of piperidine rings is 1. The number of carbonyl (C=O) groups is 1. The van der Waals surface area contributed by atoms with Gasteiger partial charge in [0.2, 0.25) is 10.0 Å². The van der Waals surface area contributed by atoms with Crippen LogP contribution in [-0.2, 0) is 14.8 Å².